The Morgan fingerprint density at radius 3 is 2.50 bits per heavy atom. The molecule has 2 fully saturated rings. The van der Waals surface area contributed by atoms with Gasteiger partial charge in [-0.3, -0.25) is 0 Å². The van der Waals surface area contributed by atoms with Crippen molar-refractivity contribution < 1.29 is 5.11 Å². The van der Waals surface area contributed by atoms with Gasteiger partial charge in [-0.1, -0.05) is 0 Å². The van der Waals surface area contributed by atoms with Crippen molar-refractivity contribution in [3.05, 3.63) is 0 Å². The maximum Gasteiger partial charge on any atom is 0.0789 e. The van der Waals surface area contributed by atoms with E-state index in [1.807, 2.05) is 0 Å². The molecule has 2 aliphatic carbocycles. The fraction of sp³-hybridized carbons (Fsp3) is 1.00. The summed E-state index contributed by atoms with van der Waals surface area (Å²) in [5.41, 5.74) is 0. The van der Waals surface area contributed by atoms with Crippen LogP contribution in [-0.2, 0) is 0 Å². The summed E-state index contributed by atoms with van der Waals surface area (Å²) in [5, 5.41) is 9.22. The standard InChI is InChI=1S/C7H10Cl2O/c8-6-5(10)4-1-2-7(6,9)3-4/h4-6,10H,1-3H2. The van der Waals surface area contributed by atoms with Gasteiger partial charge < -0.3 is 5.11 Å². The van der Waals surface area contributed by atoms with Gasteiger partial charge in [0.05, 0.1) is 16.4 Å². The summed E-state index contributed by atoms with van der Waals surface area (Å²) in [6.45, 7) is 0. The minimum Gasteiger partial charge on any atom is -0.391 e. The molecule has 4 atom stereocenters. The molecular formula is C7H10Cl2O. The van der Waals surface area contributed by atoms with Crippen LogP contribution >= 0.6 is 23.2 Å². The third kappa shape index (κ3) is 0.744. The molecule has 0 spiro atoms. The first-order valence-electron chi connectivity index (χ1n) is 3.64. The second-order valence-electron chi connectivity index (χ2n) is 3.43. The summed E-state index contributed by atoms with van der Waals surface area (Å²) >= 11 is 12.1. The van der Waals surface area contributed by atoms with Crippen molar-refractivity contribution in [3.63, 3.8) is 0 Å². The van der Waals surface area contributed by atoms with Crippen LogP contribution in [0.1, 0.15) is 19.3 Å². The molecule has 2 saturated carbocycles. The van der Waals surface area contributed by atoms with Crippen molar-refractivity contribution in [1.29, 1.82) is 0 Å². The zero-order valence-electron chi connectivity index (χ0n) is 5.56. The summed E-state index contributed by atoms with van der Waals surface area (Å²) in [4.78, 5) is -0.272. The molecule has 10 heavy (non-hydrogen) atoms. The summed E-state index contributed by atoms with van der Waals surface area (Å²) in [5.74, 6) is 0.375. The van der Waals surface area contributed by atoms with Crippen LogP contribution in [0.2, 0.25) is 0 Å². The van der Waals surface area contributed by atoms with Crippen LogP contribution in [0.15, 0.2) is 0 Å². The zero-order chi connectivity index (χ0) is 7.35. The molecule has 2 aliphatic rings. The lowest BCUT2D eigenvalue weighted by Crippen LogP contribution is -2.36. The third-order valence-electron chi connectivity index (χ3n) is 2.81. The lowest BCUT2D eigenvalue weighted by molar-refractivity contribution is 0.119. The largest absolute Gasteiger partial charge is 0.391 e. The van der Waals surface area contributed by atoms with E-state index in [0.29, 0.717) is 5.92 Å². The number of aliphatic hydroxyl groups is 1. The van der Waals surface area contributed by atoms with Gasteiger partial charge in [-0.05, 0) is 25.2 Å². The van der Waals surface area contributed by atoms with E-state index in [1.165, 1.54) is 0 Å². The van der Waals surface area contributed by atoms with Crippen molar-refractivity contribution in [2.75, 3.05) is 0 Å². The van der Waals surface area contributed by atoms with E-state index in [4.69, 9.17) is 23.2 Å². The van der Waals surface area contributed by atoms with E-state index < -0.39 is 0 Å². The molecule has 0 amide bonds. The number of hydrogen-bond donors (Lipinski definition) is 1. The van der Waals surface area contributed by atoms with Crippen LogP contribution in [0.5, 0.6) is 0 Å². The van der Waals surface area contributed by atoms with Crippen LogP contribution in [-0.4, -0.2) is 21.5 Å². The summed E-state index contributed by atoms with van der Waals surface area (Å²) in [6.07, 6.45) is 2.58. The maximum absolute atomic E-state index is 9.44. The summed E-state index contributed by atoms with van der Waals surface area (Å²) in [7, 11) is 0. The summed E-state index contributed by atoms with van der Waals surface area (Å²) in [6, 6.07) is 0. The van der Waals surface area contributed by atoms with E-state index in [1.54, 1.807) is 0 Å². The van der Waals surface area contributed by atoms with E-state index in [2.05, 4.69) is 0 Å². The molecule has 1 N–H and O–H groups in total. The van der Waals surface area contributed by atoms with E-state index in [0.717, 1.165) is 19.3 Å². The number of aliphatic hydroxyl groups excluding tert-OH is 1. The molecule has 0 aromatic carbocycles. The van der Waals surface area contributed by atoms with Gasteiger partial charge in [-0.25, -0.2) is 0 Å². The van der Waals surface area contributed by atoms with Crippen LogP contribution in [0.3, 0.4) is 0 Å². The Morgan fingerprint density at radius 2 is 2.20 bits per heavy atom. The highest BCUT2D eigenvalue weighted by Crippen LogP contribution is 2.54. The molecule has 0 saturated heterocycles. The highest BCUT2D eigenvalue weighted by Gasteiger charge is 2.55. The lowest BCUT2D eigenvalue weighted by Gasteiger charge is -2.27. The van der Waals surface area contributed by atoms with Crippen LogP contribution in [0.25, 0.3) is 0 Å². The Morgan fingerprint density at radius 1 is 1.50 bits per heavy atom. The molecule has 4 unspecified atom stereocenters. The van der Waals surface area contributed by atoms with Gasteiger partial charge in [0.15, 0.2) is 0 Å². The molecule has 1 nitrogen and oxygen atoms in total. The van der Waals surface area contributed by atoms with Gasteiger partial charge in [-0.2, -0.15) is 0 Å². The van der Waals surface area contributed by atoms with Crippen molar-refractivity contribution in [2.24, 2.45) is 5.92 Å². The second-order valence-corrected chi connectivity index (χ2v) is 4.65. The van der Waals surface area contributed by atoms with Gasteiger partial charge in [-0.15, -0.1) is 23.2 Å². The van der Waals surface area contributed by atoms with Crippen molar-refractivity contribution in [2.45, 2.75) is 35.6 Å². The molecular weight excluding hydrogens is 171 g/mol. The van der Waals surface area contributed by atoms with Gasteiger partial charge in [0, 0.05) is 0 Å². The Kier molecular flexibility index (Phi) is 1.46. The van der Waals surface area contributed by atoms with Crippen molar-refractivity contribution in [3.8, 4) is 0 Å². The van der Waals surface area contributed by atoms with Crippen LogP contribution in [0, 0.1) is 5.92 Å². The topological polar surface area (TPSA) is 20.2 Å². The van der Waals surface area contributed by atoms with Crippen molar-refractivity contribution >= 4 is 23.2 Å². The number of halogens is 2. The highest BCUT2D eigenvalue weighted by molar-refractivity contribution is 6.33. The number of fused-ring (bicyclic) bond motifs is 2. The molecule has 0 aliphatic heterocycles. The smallest absolute Gasteiger partial charge is 0.0789 e. The molecule has 0 heterocycles. The van der Waals surface area contributed by atoms with E-state index in [-0.39, 0.29) is 16.4 Å². The van der Waals surface area contributed by atoms with E-state index in [9.17, 15) is 5.11 Å². The first-order chi connectivity index (χ1) is 4.63. The molecule has 0 radical (unpaired) electrons. The van der Waals surface area contributed by atoms with Gasteiger partial charge in [0.25, 0.3) is 0 Å². The number of rotatable bonds is 0. The van der Waals surface area contributed by atoms with Gasteiger partial charge in [0.1, 0.15) is 0 Å². The summed E-state index contributed by atoms with van der Waals surface area (Å²) < 4.78 is 0. The van der Waals surface area contributed by atoms with Gasteiger partial charge in [0.2, 0.25) is 0 Å². The molecule has 0 aromatic heterocycles. The van der Waals surface area contributed by atoms with Crippen LogP contribution < -0.4 is 0 Å². The monoisotopic (exact) mass is 180 g/mol. The molecule has 2 bridgehead atoms. The minimum atomic E-state index is -0.354. The van der Waals surface area contributed by atoms with Crippen LogP contribution in [0.4, 0.5) is 0 Å². The number of alkyl halides is 2. The minimum absolute atomic E-state index is 0.215. The lowest BCUT2D eigenvalue weighted by atomic mass is 9.97. The zero-order valence-corrected chi connectivity index (χ0v) is 7.07. The molecule has 2 rings (SSSR count). The molecule has 0 aromatic rings. The average molecular weight is 181 g/mol. The van der Waals surface area contributed by atoms with Gasteiger partial charge >= 0.3 is 0 Å². The predicted molar refractivity (Wildman–Crippen MR) is 41.6 cm³/mol. The fourth-order valence-corrected chi connectivity index (χ4v) is 2.99. The quantitative estimate of drug-likeness (QED) is 0.564. The third-order valence-corrected chi connectivity index (χ3v) is 4.18. The first kappa shape index (κ1) is 7.20. The molecule has 3 heteroatoms. The SMILES string of the molecule is OC1C2CCC(Cl)(C2)C1Cl. The maximum atomic E-state index is 9.44. The van der Waals surface area contributed by atoms with Crippen molar-refractivity contribution in [1.82, 2.24) is 0 Å². The second kappa shape index (κ2) is 2.02. The van der Waals surface area contributed by atoms with E-state index >= 15 is 0 Å². The normalized spacial score (nSPS) is 59.7. The Balaban J connectivity index is 2.25. The Labute approximate surface area is 70.3 Å². The average Bonchev–Trinajstić information content (AvgIpc) is 2.35. The fourth-order valence-electron chi connectivity index (χ4n) is 2.15. The highest BCUT2D eigenvalue weighted by atomic mass is 35.5. The first-order valence-corrected chi connectivity index (χ1v) is 4.46. The Bertz CT molecular complexity index is 162. The number of hydrogen-bond acceptors (Lipinski definition) is 1. The molecule has 58 valence electrons. The Hall–Kier alpha value is 0.540. The predicted octanol–water partition coefficient (Wildman–Crippen LogP) is 1.75.